The van der Waals surface area contributed by atoms with Crippen molar-refractivity contribution in [3.8, 4) is 11.5 Å². The molecule has 8 heteroatoms. The van der Waals surface area contributed by atoms with Gasteiger partial charge in [-0.1, -0.05) is 35.0 Å². The molecule has 0 aliphatic heterocycles. The van der Waals surface area contributed by atoms with Crippen molar-refractivity contribution in [2.45, 2.75) is 5.16 Å². The molecule has 0 unspecified atom stereocenters. The minimum absolute atomic E-state index is 0.158. The molecule has 3 rings (SSSR count). The lowest BCUT2D eigenvalue weighted by molar-refractivity contribution is -0.113. The summed E-state index contributed by atoms with van der Waals surface area (Å²) in [6.45, 7) is 0. The zero-order chi connectivity index (χ0) is 16.9. The summed E-state index contributed by atoms with van der Waals surface area (Å²) in [5.41, 5.74) is 1.21. The van der Waals surface area contributed by atoms with Crippen molar-refractivity contribution in [1.29, 1.82) is 0 Å². The molecule has 0 saturated heterocycles. The van der Waals surface area contributed by atoms with E-state index in [9.17, 15) is 4.79 Å². The van der Waals surface area contributed by atoms with Crippen LogP contribution in [-0.4, -0.2) is 21.6 Å². The van der Waals surface area contributed by atoms with E-state index in [1.54, 1.807) is 42.8 Å². The van der Waals surface area contributed by atoms with Crippen LogP contribution in [0.2, 0.25) is 10.0 Å². The highest BCUT2D eigenvalue weighted by Crippen LogP contribution is 2.23. The highest BCUT2D eigenvalue weighted by Gasteiger charge is 2.09. The topological polar surface area (TPSA) is 68.0 Å². The molecule has 0 aliphatic rings. The van der Waals surface area contributed by atoms with Gasteiger partial charge in [0.25, 0.3) is 0 Å². The maximum absolute atomic E-state index is 12.0. The Hall–Kier alpha value is -2.02. The molecular formula is C16H11Cl2N3O2S. The van der Waals surface area contributed by atoms with Crippen LogP contribution in [0.3, 0.4) is 0 Å². The number of carbonyl (C=O) groups excluding carboxylic acids is 1. The lowest BCUT2D eigenvalue weighted by atomic mass is 10.3. The molecule has 1 amide bonds. The highest BCUT2D eigenvalue weighted by molar-refractivity contribution is 7.99. The van der Waals surface area contributed by atoms with Gasteiger partial charge in [-0.2, -0.15) is 0 Å². The average Bonchev–Trinajstić information content (AvgIpc) is 3.07. The fourth-order valence-electron chi connectivity index (χ4n) is 1.93. The predicted molar refractivity (Wildman–Crippen MR) is 95.5 cm³/mol. The third-order valence-corrected chi connectivity index (χ3v) is 4.18. The van der Waals surface area contributed by atoms with Crippen molar-refractivity contribution < 1.29 is 9.21 Å². The molecule has 5 nitrogen and oxygen atoms in total. The number of rotatable bonds is 5. The fourth-order valence-corrected chi connectivity index (χ4v) is 3.08. The maximum Gasteiger partial charge on any atom is 0.234 e. The zero-order valence-electron chi connectivity index (χ0n) is 12.2. The van der Waals surface area contributed by atoms with Crippen LogP contribution in [0.5, 0.6) is 0 Å². The summed E-state index contributed by atoms with van der Waals surface area (Å²) in [4.78, 5) is 20.5. The monoisotopic (exact) mass is 379 g/mol. The third-order valence-electron chi connectivity index (χ3n) is 2.89. The summed E-state index contributed by atoms with van der Waals surface area (Å²) in [6.07, 6.45) is 3.20. The van der Waals surface area contributed by atoms with Gasteiger partial charge >= 0.3 is 0 Å². The number of halogens is 2. The number of carbonyl (C=O) groups is 1. The molecule has 0 spiro atoms. The van der Waals surface area contributed by atoms with Gasteiger partial charge in [0.2, 0.25) is 5.91 Å². The van der Waals surface area contributed by atoms with E-state index in [4.69, 9.17) is 27.6 Å². The first kappa shape index (κ1) is 16.8. The SMILES string of the molecule is O=C(CSc1nccc(-c2ccco2)n1)Nc1cc(Cl)cc(Cl)c1. The number of amides is 1. The van der Waals surface area contributed by atoms with Crippen LogP contribution in [0.4, 0.5) is 5.69 Å². The number of anilines is 1. The van der Waals surface area contributed by atoms with Gasteiger partial charge in [0.15, 0.2) is 10.9 Å². The molecule has 0 fully saturated rings. The Morgan fingerprint density at radius 3 is 2.71 bits per heavy atom. The third kappa shape index (κ3) is 4.50. The first-order valence-electron chi connectivity index (χ1n) is 6.86. The Labute approximate surface area is 152 Å². The van der Waals surface area contributed by atoms with E-state index < -0.39 is 0 Å². The predicted octanol–water partition coefficient (Wildman–Crippen LogP) is 4.77. The molecule has 0 saturated carbocycles. The van der Waals surface area contributed by atoms with Gasteiger partial charge in [0, 0.05) is 21.9 Å². The molecule has 2 aromatic heterocycles. The smallest absolute Gasteiger partial charge is 0.234 e. The maximum atomic E-state index is 12.0. The largest absolute Gasteiger partial charge is 0.463 e. The number of nitrogens with one attached hydrogen (secondary N) is 1. The zero-order valence-corrected chi connectivity index (χ0v) is 14.5. The number of nitrogens with zero attached hydrogens (tertiary/aromatic N) is 2. The van der Waals surface area contributed by atoms with Gasteiger partial charge in [0.05, 0.1) is 12.0 Å². The van der Waals surface area contributed by atoms with E-state index >= 15 is 0 Å². The molecule has 122 valence electrons. The van der Waals surface area contributed by atoms with Gasteiger partial charge < -0.3 is 9.73 Å². The van der Waals surface area contributed by atoms with Crippen molar-refractivity contribution in [2.75, 3.05) is 11.1 Å². The summed E-state index contributed by atoms with van der Waals surface area (Å²) in [6, 6.07) is 10.2. The summed E-state index contributed by atoms with van der Waals surface area (Å²) in [5, 5.41) is 4.14. The van der Waals surface area contributed by atoms with Crippen LogP contribution in [-0.2, 0) is 4.79 Å². The number of benzene rings is 1. The van der Waals surface area contributed by atoms with Crippen molar-refractivity contribution >= 4 is 46.6 Å². The Bertz CT molecular complexity index is 836. The molecule has 3 aromatic rings. The van der Waals surface area contributed by atoms with Gasteiger partial charge in [-0.3, -0.25) is 4.79 Å². The molecule has 0 radical (unpaired) electrons. The lowest BCUT2D eigenvalue weighted by Gasteiger charge is -2.06. The summed E-state index contributed by atoms with van der Waals surface area (Å²) in [7, 11) is 0. The van der Waals surface area contributed by atoms with E-state index in [1.165, 1.54) is 11.8 Å². The molecule has 0 atom stereocenters. The summed E-state index contributed by atoms with van der Waals surface area (Å²) in [5.74, 6) is 0.605. The molecule has 0 aliphatic carbocycles. The van der Waals surface area contributed by atoms with Crippen LogP contribution in [0.25, 0.3) is 11.5 Å². The minimum atomic E-state index is -0.203. The number of aromatic nitrogens is 2. The first-order valence-corrected chi connectivity index (χ1v) is 8.60. The molecule has 1 aromatic carbocycles. The first-order chi connectivity index (χ1) is 11.6. The Morgan fingerprint density at radius 2 is 2.00 bits per heavy atom. The second kappa shape index (κ2) is 7.70. The second-order valence-corrected chi connectivity index (χ2v) is 6.51. The quantitative estimate of drug-likeness (QED) is 0.510. The van der Waals surface area contributed by atoms with E-state index in [2.05, 4.69) is 15.3 Å². The number of thioether (sulfide) groups is 1. The van der Waals surface area contributed by atoms with Crippen molar-refractivity contribution in [3.63, 3.8) is 0 Å². The summed E-state index contributed by atoms with van der Waals surface area (Å²) < 4.78 is 5.30. The van der Waals surface area contributed by atoms with Gasteiger partial charge in [-0.25, -0.2) is 9.97 Å². The standard InChI is InChI=1S/C16H11Cl2N3O2S/c17-10-6-11(18)8-12(7-10)20-15(22)9-24-16-19-4-3-13(21-16)14-2-1-5-23-14/h1-8H,9H2,(H,20,22). The van der Waals surface area contributed by atoms with E-state index in [-0.39, 0.29) is 11.7 Å². The Morgan fingerprint density at radius 1 is 1.21 bits per heavy atom. The molecule has 1 N–H and O–H groups in total. The van der Waals surface area contributed by atoms with Gasteiger partial charge in [-0.05, 0) is 36.4 Å². The lowest BCUT2D eigenvalue weighted by Crippen LogP contribution is -2.14. The Balaban J connectivity index is 1.61. The van der Waals surface area contributed by atoms with Crippen LogP contribution >= 0.6 is 35.0 Å². The second-order valence-electron chi connectivity index (χ2n) is 4.70. The van der Waals surface area contributed by atoms with Crippen LogP contribution < -0.4 is 5.32 Å². The number of furan rings is 1. The van der Waals surface area contributed by atoms with Gasteiger partial charge in [-0.15, -0.1) is 0 Å². The van der Waals surface area contributed by atoms with Crippen LogP contribution in [0, 0.1) is 0 Å². The number of hydrogen-bond acceptors (Lipinski definition) is 5. The number of hydrogen-bond donors (Lipinski definition) is 1. The molecular weight excluding hydrogens is 369 g/mol. The minimum Gasteiger partial charge on any atom is -0.463 e. The van der Waals surface area contributed by atoms with Crippen molar-refractivity contribution in [3.05, 3.63) is 58.9 Å². The van der Waals surface area contributed by atoms with E-state index in [1.807, 2.05) is 6.07 Å². The summed E-state index contributed by atoms with van der Waals surface area (Å²) >= 11 is 13.0. The van der Waals surface area contributed by atoms with Crippen LogP contribution in [0.15, 0.2) is 58.4 Å². The average molecular weight is 380 g/mol. The van der Waals surface area contributed by atoms with E-state index in [0.29, 0.717) is 32.3 Å². The Kier molecular flexibility index (Phi) is 5.40. The molecule has 24 heavy (non-hydrogen) atoms. The van der Waals surface area contributed by atoms with Crippen LogP contribution in [0.1, 0.15) is 0 Å². The van der Waals surface area contributed by atoms with Gasteiger partial charge in [0.1, 0.15) is 5.69 Å². The normalized spacial score (nSPS) is 10.6. The molecule has 0 bridgehead atoms. The van der Waals surface area contributed by atoms with Crippen molar-refractivity contribution in [2.24, 2.45) is 0 Å². The van der Waals surface area contributed by atoms with Crippen molar-refractivity contribution in [1.82, 2.24) is 9.97 Å². The fraction of sp³-hybridized carbons (Fsp3) is 0.0625. The highest BCUT2D eigenvalue weighted by atomic mass is 35.5. The van der Waals surface area contributed by atoms with E-state index in [0.717, 1.165) is 0 Å². The molecule has 2 heterocycles.